The summed E-state index contributed by atoms with van der Waals surface area (Å²) in [5.41, 5.74) is 4.73. The van der Waals surface area contributed by atoms with E-state index in [4.69, 9.17) is 32.9 Å². The molecule has 0 radical (unpaired) electrons. The molecule has 1 aromatic heterocycles. The highest BCUT2D eigenvalue weighted by molar-refractivity contribution is 6.31. The highest BCUT2D eigenvalue weighted by Crippen LogP contribution is 2.32. The van der Waals surface area contributed by atoms with Gasteiger partial charge in [-0.1, -0.05) is 53.0 Å². The summed E-state index contributed by atoms with van der Waals surface area (Å²) in [7, 11) is 0. The van der Waals surface area contributed by atoms with Gasteiger partial charge in [0.1, 0.15) is 0 Å². The van der Waals surface area contributed by atoms with E-state index in [0.717, 1.165) is 11.1 Å². The highest BCUT2D eigenvalue weighted by Gasteiger charge is 2.21. The minimum atomic E-state index is -0.604. The number of ketones is 1. The summed E-state index contributed by atoms with van der Waals surface area (Å²) in [6.07, 6.45) is 0. The Bertz CT molecular complexity index is 1330. The Morgan fingerprint density at radius 2 is 1.53 bits per heavy atom. The largest absolute Gasteiger partial charge is 0.454 e. The van der Waals surface area contributed by atoms with Crippen molar-refractivity contribution in [3.05, 3.63) is 99.0 Å². The average molecular weight is 464 g/mol. The van der Waals surface area contributed by atoms with Crippen molar-refractivity contribution in [3.63, 3.8) is 0 Å². The zero-order valence-electron chi connectivity index (χ0n) is 17.5. The van der Waals surface area contributed by atoms with E-state index in [1.165, 1.54) is 0 Å². The lowest BCUT2D eigenvalue weighted by atomic mass is 9.97. The zero-order valence-corrected chi connectivity index (χ0v) is 19.0. The SMILES string of the molecule is Cc1ccc(-c2nc3ccc(Cl)cc3c(C(=O)OCC(=O)c3ccc(Cl)cc3)c2C)cc1. The second-order valence-electron chi connectivity index (χ2n) is 7.49. The van der Waals surface area contributed by atoms with Gasteiger partial charge in [0.2, 0.25) is 0 Å². The summed E-state index contributed by atoms with van der Waals surface area (Å²) in [6.45, 7) is 3.44. The molecular weight excluding hydrogens is 445 g/mol. The van der Waals surface area contributed by atoms with Crippen molar-refractivity contribution in [1.82, 2.24) is 4.98 Å². The second kappa shape index (κ2) is 9.11. The molecule has 4 nitrogen and oxygen atoms in total. The first kappa shape index (κ1) is 22.0. The number of fused-ring (bicyclic) bond motifs is 1. The molecule has 0 aliphatic carbocycles. The molecule has 4 aromatic rings. The van der Waals surface area contributed by atoms with Crippen LogP contribution in [0.2, 0.25) is 10.0 Å². The topological polar surface area (TPSA) is 56.3 Å². The number of nitrogens with zero attached hydrogens (tertiary/aromatic N) is 1. The maximum absolute atomic E-state index is 13.2. The first-order valence-corrected chi connectivity index (χ1v) is 10.7. The number of aromatic nitrogens is 1. The summed E-state index contributed by atoms with van der Waals surface area (Å²) < 4.78 is 5.42. The fraction of sp³-hybridized carbons (Fsp3) is 0.115. The monoisotopic (exact) mass is 463 g/mol. The van der Waals surface area contributed by atoms with Crippen molar-refractivity contribution in [1.29, 1.82) is 0 Å². The molecule has 0 unspecified atom stereocenters. The molecule has 6 heteroatoms. The summed E-state index contributed by atoms with van der Waals surface area (Å²) >= 11 is 12.1. The van der Waals surface area contributed by atoms with Gasteiger partial charge >= 0.3 is 5.97 Å². The number of benzene rings is 3. The summed E-state index contributed by atoms with van der Waals surface area (Å²) in [6, 6.07) is 19.5. The van der Waals surface area contributed by atoms with Gasteiger partial charge in [0, 0.05) is 26.6 Å². The van der Waals surface area contributed by atoms with Gasteiger partial charge < -0.3 is 4.74 Å². The third-order valence-corrected chi connectivity index (χ3v) is 5.71. The van der Waals surface area contributed by atoms with Crippen LogP contribution in [0.3, 0.4) is 0 Å². The second-order valence-corrected chi connectivity index (χ2v) is 8.37. The Balaban J connectivity index is 1.72. The number of rotatable bonds is 5. The predicted octanol–water partition coefficient (Wildman–Crippen LogP) is 6.87. The Labute approximate surface area is 195 Å². The lowest BCUT2D eigenvalue weighted by Gasteiger charge is -2.14. The Kier molecular flexibility index (Phi) is 6.26. The van der Waals surface area contributed by atoms with E-state index < -0.39 is 5.97 Å². The molecule has 32 heavy (non-hydrogen) atoms. The van der Waals surface area contributed by atoms with Gasteiger partial charge in [-0.15, -0.1) is 0 Å². The van der Waals surface area contributed by atoms with Gasteiger partial charge in [-0.25, -0.2) is 9.78 Å². The normalized spacial score (nSPS) is 10.9. The standard InChI is InChI=1S/C26H19Cl2NO3/c1-15-3-5-18(6-4-15)25-16(2)24(21-13-20(28)11-12-22(21)29-25)26(31)32-14-23(30)17-7-9-19(27)10-8-17/h3-13H,14H2,1-2H3. The van der Waals surface area contributed by atoms with Crippen LogP contribution in [0.15, 0.2) is 66.7 Å². The van der Waals surface area contributed by atoms with Crippen LogP contribution in [0.1, 0.15) is 31.8 Å². The number of hydrogen-bond acceptors (Lipinski definition) is 4. The molecule has 4 rings (SSSR count). The van der Waals surface area contributed by atoms with Crippen molar-refractivity contribution in [2.75, 3.05) is 6.61 Å². The fourth-order valence-electron chi connectivity index (χ4n) is 3.51. The van der Waals surface area contributed by atoms with Crippen LogP contribution in [0.5, 0.6) is 0 Å². The van der Waals surface area contributed by atoms with Gasteiger partial charge in [0.05, 0.1) is 16.8 Å². The molecule has 0 amide bonds. The van der Waals surface area contributed by atoms with Gasteiger partial charge in [-0.3, -0.25) is 4.79 Å². The van der Waals surface area contributed by atoms with Crippen LogP contribution < -0.4 is 0 Å². The van der Waals surface area contributed by atoms with Crippen molar-refractivity contribution in [3.8, 4) is 11.3 Å². The van der Waals surface area contributed by atoms with Crippen LogP contribution >= 0.6 is 23.2 Å². The number of esters is 1. The van der Waals surface area contributed by atoms with Crippen molar-refractivity contribution < 1.29 is 14.3 Å². The maximum atomic E-state index is 13.2. The number of carbonyl (C=O) groups is 2. The van der Waals surface area contributed by atoms with E-state index in [-0.39, 0.29) is 12.4 Å². The van der Waals surface area contributed by atoms with Crippen LogP contribution in [0.25, 0.3) is 22.2 Å². The Morgan fingerprint density at radius 1 is 0.875 bits per heavy atom. The zero-order chi connectivity index (χ0) is 22.8. The minimum absolute atomic E-state index is 0.317. The molecule has 0 bridgehead atoms. The number of aryl methyl sites for hydroxylation is 1. The molecule has 0 fully saturated rings. The molecule has 0 saturated heterocycles. The third-order valence-electron chi connectivity index (χ3n) is 5.22. The van der Waals surface area contributed by atoms with Crippen LogP contribution in [-0.2, 0) is 4.74 Å². The molecule has 3 aromatic carbocycles. The number of hydrogen-bond donors (Lipinski definition) is 0. The number of pyridine rings is 1. The van der Waals surface area contributed by atoms with Crippen LogP contribution in [0, 0.1) is 13.8 Å². The quantitative estimate of drug-likeness (QED) is 0.239. The van der Waals surface area contributed by atoms with E-state index in [2.05, 4.69) is 0 Å². The number of halogens is 2. The smallest absolute Gasteiger partial charge is 0.339 e. The van der Waals surface area contributed by atoms with E-state index >= 15 is 0 Å². The Hall–Kier alpha value is -3.21. The summed E-state index contributed by atoms with van der Waals surface area (Å²) in [5.74, 6) is -0.921. The molecular formula is C26H19Cl2NO3. The minimum Gasteiger partial charge on any atom is -0.454 e. The molecule has 0 aliphatic heterocycles. The number of Topliss-reactive ketones (excluding diaryl/α,β-unsaturated/α-hetero) is 1. The molecule has 0 spiro atoms. The van der Waals surface area contributed by atoms with Gasteiger partial charge in [0.15, 0.2) is 12.4 Å². The predicted molar refractivity (Wildman–Crippen MR) is 128 cm³/mol. The maximum Gasteiger partial charge on any atom is 0.339 e. The summed E-state index contributed by atoms with van der Waals surface area (Å²) in [5, 5.41) is 1.58. The number of carbonyl (C=O) groups excluding carboxylic acids is 2. The van der Waals surface area contributed by atoms with E-state index in [0.29, 0.717) is 43.3 Å². The molecule has 1 heterocycles. The highest BCUT2D eigenvalue weighted by atomic mass is 35.5. The lowest BCUT2D eigenvalue weighted by molar-refractivity contribution is 0.0476. The van der Waals surface area contributed by atoms with Crippen LogP contribution in [-0.4, -0.2) is 23.3 Å². The van der Waals surface area contributed by atoms with Crippen molar-refractivity contribution >= 4 is 45.9 Å². The molecule has 0 aliphatic rings. The first-order chi connectivity index (χ1) is 15.3. The third kappa shape index (κ3) is 4.52. The van der Waals surface area contributed by atoms with Gasteiger partial charge in [-0.05, 0) is 61.9 Å². The fourth-order valence-corrected chi connectivity index (χ4v) is 3.81. The van der Waals surface area contributed by atoms with Crippen LogP contribution in [0.4, 0.5) is 0 Å². The first-order valence-electron chi connectivity index (χ1n) is 9.96. The van der Waals surface area contributed by atoms with E-state index in [1.54, 1.807) is 42.5 Å². The van der Waals surface area contributed by atoms with Crippen molar-refractivity contribution in [2.24, 2.45) is 0 Å². The van der Waals surface area contributed by atoms with E-state index in [9.17, 15) is 9.59 Å². The molecule has 0 N–H and O–H groups in total. The molecule has 0 saturated carbocycles. The van der Waals surface area contributed by atoms with Crippen molar-refractivity contribution in [2.45, 2.75) is 13.8 Å². The van der Waals surface area contributed by atoms with Gasteiger partial charge in [0.25, 0.3) is 0 Å². The molecule has 160 valence electrons. The number of ether oxygens (including phenoxy) is 1. The van der Waals surface area contributed by atoms with E-state index in [1.807, 2.05) is 38.1 Å². The van der Waals surface area contributed by atoms with Gasteiger partial charge in [-0.2, -0.15) is 0 Å². The Morgan fingerprint density at radius 3 is 2.22 bits per heavy atom. The summed E-state index contributed by atoms with van der Waals surface area (Å²) in [4.78, 5) is 30.4. The average Bonchev–Trinajstić information content (AvgIpc) is 2.78. The lowest BCUT2D eigenvalue weighted by Crippen LogP contribution is -2.16. The molecule has 0 atom stereocenters.